The van der Waals surface area contributed by atoms with Crippen LogP contribution >= 0.6 is 0 Å². The molecule has 0 heterocycles. The Balaban J connectivity index is 1.87. The van der Waals surface area contributed by atoms with Crippen LogP contribution in [-0.4, -0.2) is 12.4 Å². The highest BCUT2D eigenvalue weighted by atomic mass is 16.5. The van der Waals surface area contributed by atoms with E-state index in [9.17, 15) is 4.79 Å². The van der Waals surface area contributed by atoms with Crippen molar-refractivity contribution in [3.8, 4) is 0 Å². The molecule has 1 aliphatic carbocycles. The SMILES string of the molecule is CCC(C)(C(=O)COCc1ccccc1)C1CCCCC1. The van der Waals surface area contributed by atoms with Gasteiger partial charge in [0.2, 0.25) is 0 Å². The van der Waals surface area contributed by atoms with Crippen molar-refractivity contribution in [2.24, 2.45) is 11.3 Å². The highest BCUT2D eigenvalue weighted by molar-refractivity contribution is 5.85. The summed E-state index contributed by atoms with van der Waals surface area (Å²) in [6.45, 7) is 5.06. The zero-order valence-electron chi connectivity index (χ0n) is 13.4. The van der Waals surface area contributed by atoms with E-state index in [2.05, 4.69) is 13.8 Å². The second-order valence-corrected chi connectivity index (χ2v) is 6.51. The Hall–Kier alpha value is -1.15. The van der Waals surface area contributed by atoms with Crippen molar-refractivity contribution in [2.75, 3.05) is 6.61 Å². The van der Waals surface area contributed by atoms with Crippen LogP contribution < -0.4 is 0 Å². The maximum atomic E-state index is 12.7. The van der Waals surface area contributed by atoms with Crippen molar-refractivity contribution < 1.29 is 9.53 Å². The number of Topliss-reactive ketones (excluding diaryl/α,β-unsaturated/α-hetero) is 1. The molecule has 1 aromatic carbocycles. The summed E-state index contributed by atoms with van der Waals surface area (Å²) >= 11 is 0. The first kappa shape index (κ1) is 16.2. The fourth-order valence-electron chi connectivity index (χ4n) is 3.45. The number of carbonyl (C=O) groups is 1. The minimum Gasteiger partial charge on any atom is -0.369 e. The molecule has 1 aliphatic rings. The molecule has 1 fully saturated rings. The zero-order valence-corrected chi connectivity index (χ0v) is 13.4. The molecule has 0 amide bonds. The number of benzene rings is 1. The van der Waals surface area contributed by atoms with E-state index in [1.807, 2.05) is 30.3 Å². The number of ether oxygens (including phenoxy) is 1. The molecule has 0 saturated heterocycles. The maximum absolute atomic E-state index is 12.7. The molecule has 21 heavy (non-hydrogen) atoms. The predicted octanol–water partition coefficient (Wildman–Crippen LogP) is 4.77. The average Bonchev–Trinajstić information content (AvgIpc) is 2.55. The van der Waals surface area contributed by atoms with Crippen LogP contribution in [-0.2, 0) is 16.1 Å². The Morgan fingerprint density at radius 3 is 2.48 bits per heavy atom. The van der Waals surface area contributed by atoms with Crippen LogP contribution in [0, 0.1) is 11.3 Å². The van der Waals surface area contributed by atoms with Crippen molar-refractivity contribution >= 4 is 5.78 Å². The van der Waals surface area contributed by atoms with E-state index in [1.54, 1.807) is 0 Å². The van der Waals surface area contributed by atoms with E-state index in [0.717, 1.165) is 12.0 Å². The van der Waals surface area contributed by atoms with Crippen molar-refractivity contribution in [3.63, 3.8) is 0 Å². The third kappa shape index (κ3) is 4.16. The van der Waals surface area contributed by atoms with Gasteiger partial charge < -0.3 is 4.74 Å². The molecule has 116 valence electrons. The molecule has 0 spiro atoms. The minimum atomic E-state index is -0.197. The van der Waals surface area contributed by atoms with Gasteiger partial charge in [-0.25, -0.2) is 0 Å². The van der Waals surface area contributed by atoms with Crippen LogP contribution in [0.25, 0.3) is 0 Å². The van der Waals surface area contributed by atoms with E-state index >= 15 is 0 Å². The molecule has 0 radical (unpaired) electrons. The summed E-state index contributed by atoms with van der Waals surface area (Å²) in [5.41, 5.74) is 0.929. The number of rotatable bonds is 7. The van der Waals surface area contributed by atoms with Crippen molar-refractivity contribution in [2.45, 2.75) is 59.0 Å². The van der Waals surface area contributed by atoms with E-state index in [-0.39, 0.29) is 17.8 Å². The normalized spacial score (nSPS) is 19.1. The zero-order chi connectivity index (χ0) is 15.1. The monoisotopic (exact) mass is 288 g/mol. The molecule has 0 bridgehead atoms. The van der Waals surface area contributed by atoms with Gasteiger partial charge in [-0.05, 0) is 30.7 Å². The summed E-state index contributed by atoms with van der Waals surface area (Å²) in [5, 5.41) is 0. The van der Waals surface area contributed by atoms with Gasteiger partial charge in [-0.15, -0.1) is 0 Å². The summed E-state index contributed by atoms with van der Waals surface area (Å²) in [6, 6.07) is 10.1. The lowest BCUT2D eigenvalue weighted by Crippen LogP contribution is -2.39. The fourth-order valence-corrected chi connectivity index (χ4v) is 3.45. The van der Waals surface area contributed by atoms with Crippen LogP contribution in [0.4, 0.5) is 0 Å². The molecular weight excluding hydrogens is 260 g/mol. The summed E-state index contributed by atoms with van der Waals surface area (Å²) in [7, 11) is 0. The maximum Gasteiger partial charge on any atom is 0.164 e. The van der Waals surface area contributed by atoms with Gasteiger partial charge in [0.15, 0.2) is 5.78 Å². The second-order valence-electron chi connectivity index (χ2n) is 6.51. The van der Waals surface area contributed by atoms with Gasteiger partial charge in [-0.1, -0.05) is 63.4 Å². The van der Waals surface area contributed by atoms with Crippen LogP contribution in [0.1, 0.15) is 57.9 Å². The van der Waals surface area contributed by atoms with E-state index in [4.69, 9.17) is 4.74 Å². The van der Waals surface area contributed by atoms with Gasteiger partial charge >= 0.3 is 0 Å². The van der Waals surface area contributed by atoms with Crippen molar-refractivity contribution in [1.29, 1.82) is 0 Å². The molecule has 0 aliphatic heterocycles. The summed E-state index contributed by atoms with van der Waals surface area (Å²) in [4.78, 5) is 12.7. The Bertz CT molecular complexity index is 434. The minimum absolute atomic E-state index is 0.197. The Morgan fingerprint density at radius 2 is 1.86 bits per heavy atom. The summed E-state index contributed by atoms with van der Waals surface area (Å²) < 4.78 is 5.67. The van der Waals surface area contributed by atoms with Crippen LogP contribution in [0.5, 0.6) is 0 Å². The number of ketones is 1. The molecular formula is C19H28O2. The van der Waals surface area contributed by atoms with Crippen LogP contribution in [0.2, 0.25) is 0 Å². The number of hydrogen-bond donors (Lipinski definition) is 0. The van der Waals surface area contributed by atoms with E-state index < -0.39 is 0 Å². The third-order valence-corrected chi connectivity index (χ3v) is 5.22. The predicted molar refractivity (Wildman–Crippen MR) is 86.1 cm³/mol. The first-order chi connectivity index (χ1) is 10.2. The van der Waals surface area contributed by atoms with Crippen molar-refractivity contribution in [3.05, 3.63) is 35.9 Å². The van der Waals surface area contributed by atoms with Gasteiger partial charge in [0.25, 0.3) is 0 Å². The number of carbonyl (C=O) groups excluding carboxylic acids is 1. The molecule has 2 nitrogen and oxygen atoms in total. The number of hydrogen-bond acceptors (Lipinski definition) is 2. The van der Waals surface area contributed by atoms with Gasteiger partial charge in [0.05, 0.1) is 6.61 Å². The first-order valence-electron chi connectivity index (χ1n) is 8.32. The van der Waals surface area contributed by atoms with Crippen LogP contribution in [0.3, 0.4) is 0 Å². The molecule has 0 aromatic heterocycles. The van der Waals surface area contributed by atoms with Gasteiger partial charge in [0.1, 0.15) is 6.61 Å². The smallest absolute Gasteiger partial charge is 0.164 e. The topological polar surface area (TPSA) is 26.3 Å². The molecule has 2 heteroatoms. The standard InChI is InChI=1S/C19H28O2/c1-3-19(2,17-12-8-5-9-13-17)18(20)15-21-14-16-10-6-4-7-11-16/h4,6-7,10-11,17H,3,5,8-9,12-15H2,1-2H3. The average molecular weight is 288 g/mol. The molecule has 1 unspecified atom stereocenters. The van der Waals surface area contributed by atoms with Gasteiger partial charge in [-0.2, -0.15) is 0 Å². The quantitative estimate of drug-likeness (QED) is 0.722. The van der Waals surface area contributed by atoms with E-state index in [0.29, 0.717) is 12.5 Å². The first-order valence-corrected chi connectivity index (χ1v) is 8.32. The molecule has 1 atom stereocenters. The molecule has 1 aromatic rings. The van der Waals surface area contributed by atoms with Crippen LogP contribution in [0.15, 0.2) is 30.3 Å². The Labute approximate surface area is 128 Å². The molecule has 1 saturated carbocycles. The summed E-state index contributed by atoms with van der Waals surface area (Å²) in [6.07, 6.45) is 7.21. The second kappa shape index (κ2) is 7.74. The molecule has 2 rings (SSSR count). The largest absolute Gasteiger partial charge is 0.369 e. The Morgan fingerprint density at radius 1 is 1.19 bits per heavy atom. The fraction of sp³-hybridized carbons (Fsp3) is 0.632. The lowest BCUT2D eigenvalue weighted by molar-refractivity contribution is -0.137. The van der Waals surface area contributed by atoms with Gasteiger partial charge in [0, 0.05) is 5.41 Å². The van der Waals surface area contributed by atoms with Crippen molar-refractivity contribution in [1.82, 2.24) is 0 Å². The summed E-state index contributed by atoms with van der Waals surface area (Å²) in [5.74, 6) is 0.830. The Kier molecular flexibility index (Phi) is 5.98. The highest BCUT2D eigenvalue weighted by Gasteiger charge is 2.39. The van der Waals surface area contributed by atoms with Gasteiger partial charge in [-0.3, -0.25) is 4.79 Å². The highest BCUT2D eigenvalue weighted by Crippen LogP contribution is 2.41. The van der Waals surface area contributed by atoms with E-state index in [1.165, 1.54) is 32.1 Å². The lowest BCUT2D eigenvalue weighted by atomic mass is 9.66. The lowest BCUT2D eigenvalue weighted by Gasteiger charge is -2.38. The third-order valence-electron chi connectivity index (χ3n) is 5.22. The molecule has 0 N–H and O–H groups in total.